The van der Waals surface area contributed by atoms with Crippen molar-refractivity contribution in [2.24, 2.45) is 0 Å². The number of ether oxygens (including phenoxy) is 1. The summed E-state index contributed by atoms with van der Waals surface area (Å²) >= 11 is 0. The van der Waals surface area contributed by atoms with Crippen LogP contribution in [0.5, 0.6) is 0 Å². The van der Waals surface area contributed by atoms with Crippen LogP contribution in [0, 0.1) is 0 Å². The van der Waals surface area contributed by atoms with E-state index < -0.39 is 5.97 Å². The van der Waals surface area contributed by atoms with E-state index in [0.717, 1.165) is 45.7 Å². The molecule has 0 aromatic heterocycles. The molecule has 0 spiro atoms. The topological polar surface area (TPSA) is 81.7 Å². The molecule has 1 aliphatic heterocycles. The molecule has 0 radical (unpaired) electrons. The molecule has 0 atom stereocenters. The number of unbranched alkanes of at least 4 members (excludes halogenated alkanes) is 2. The van der Waals surface area contributed by atoms with Gasteiger partial charge in [-0.1, -0.05) is 6.42 Å². The summed E-state index contributed by atoms with van der Waals surface area (Å²) in [5, 5.41) is 13.0. The average Bonchev–Trinajstić information content (AvgIpc) is 2.41. The van der Waals surface area contributed by atoms with Gasteiger partial charge in [0.1, 0.15) is 0 Å². The number of carbonyl (C=O) groups is 2. The molecule has 1 N–H and O–H groups in total. The first-order valence-electron chi connectivity index (χ1n) is 6.95. The van der Waals surface area contributed by atoms with Crippen LogP contribution in [0.15, 0.2) is 0 Å². The highest BCUT2D eigenvalue weighted by Gasteiger charge is 2.11. The molecule has 0 saturated carbocycles. The van der Waals surface area contributed by atoms with Gasteiger partial charge in [-0.05, 0) is 19.3 Å². The molecule has 0 aliphatic carbocycles. The third kappa shape index (κ3) is 8.56. The highest BCUT2D eigenvalue weighted by atomic mass is 16.5. The Morgan fingerprint density at radius 1 is 1.11 bits per heavy atom. The van der Waals surface area contributed by atoms with Crippen LogP contribution in [0.3, 0.4) is 0 Å². The Kier molecular flexibility index (Phi) is 8.16. The number of carboxylic acid groups (broad SMARTS) is 1. The van der Waals surface area contributed by atoms with Gasteiger partial charge in [0.15, 0.2) is 0 Å². The van der Waals surface area contributed by atoms with Gasteiger partial charge in [-0.3, -0.25) is 9.69 Å². The summed E-state index contributed by atoms with van der Waals surface area (Å²) in [5.41, 5.74) is 0. The second kappa shape index (κ2) is 9.75. The molecule has 1 aliphatic rings. The molecule has 0 unspecified atom stereocenters. The first-order chi connectivity index (χ1) is 9.18. The van der Waals surface area contributed by atoms with Crippen LogP contribution in [0.25, 0.3) is 0 Å². The maximum atomic E-state index is 11.6. The number of rotatable bonds is 9. The number of carbonyl (C=O) groups excluding carboxylic acids is 2. The summed E-state index contributed by atoms with van der Waals surface area (Å²) in [6, 6.07) is 0. The summed E-state index contributed by atoms with van der Waals surface area (Å²) in [6.07, 6.45) is 2.85. The molecule has 1 heterocycles. The Balaban J connectivity index is 1.91. The zero-order valence-corrected chi connectivity index (χ0v) is 11.4. The zero-order valence-electron chi connectivity index (χ0n) is 11.4. The standard InChI is InChI=1S/C13H24N2O4/c16-12(5-7-15-8-10-19-11-9-15)14-6-3-1-2-4-13(17)18/h1-11H2,(H,14,16)(H,17,18)/p-1. The minimum absolute atomic E-state index is 0.0615. The average molecular weight is 271 g/mol. The van der Waals surface area contributed by atoms with Crippen LogP contribution in [-0.4, -0.2) is 56.2 Å². The Morgan fingerprint density at radius 2 is 1.84 bits per heavy atom. The summed E-state index contributed by atoms with van der Waals surface area (Å²) < 4.78 is 5.24. The van der Waals surface area contributed by atoms with Gasteiger partial charge in [0.05, 0.1) is 13.2 Å². The van der Waals surface area contributed by atoms with Crippen molar-refractivity contribution in [1.82, 2.24) is 10.2 Å². The van der Waals surface area contributed by atoms with Crippen LogP contribution in [0.4, 0.5) is 0 Å². The van der Waals surface area contributed by atoms with Gasteiger partial charge in [0.2, 0.25) is 5.91 Å². The van der Waals surface area contributed by atoms with Crippen molar-refractivity contribution in [3.63, 3.8) is 0 Å². The normalized spacial score (nSPS) is 16.2. The van der Waals surface area contributed by atoms with Crippen LogP contribution in [-0.2, 0) is 14.3 Å². The molecule has 1 saturated heterocycles. The third-order valence-electron chi connectivity index (χ3n) is 3.14. The molecule has 1 rings (SSSR count). The summed E-state index contributed by atoms with van der Waals surface area (Å²) in [7, 11) is 0. The van der Waals surface area contributed by atoms with E-state index in [2.05, 4.69) is 10.2 Å². The molecule has 0 aromatic rings. The number of amides is 1. The van der Waals surface area contributed by atoms with E-state index in [1.54, 1.807) is 0 Å². The Labute approximate surface area is 114 Å². The lowest BCUT2D eigenvalue weighted by Crippen LogP contribution is -2.38. The summed E-state index contributed by atoms with van der Waals surface area (Å²) in [4.78, 5) is 24.0. The van der Waals surface area contributed by atoms with E-state index in [1.807, 2.05) is 0 Å². The highest BCUT2D eigenvalue weighted by Crippen LogP contribution is 1.99. The fourth-order valence-electron chi connectivity index (χ4n) is 1.97. The Hall–Kier alpha value is -1.14. The lowest BCUT2D eigenvalue weighted by molar-refractivity contribution is -0.305. The fraction of sp³-hybridized carbons (Fsp3) is 0.846. The van der Waals surface area contributed by atoms with Crippen LogP contribution in [0.2, 0.25) is 0 Å². The second-order valence-electron chi connectivity index (χ2n) is 4.74. The van der Waals surface area contributed by atoms with Gasteiger partial charge in [0, 0.05) is 38.6 Å². The first-order valence-corrected chi connectivity index (χ1v) is 6.95. The van der Waals surface area contributed by atoms with Crippen LogP contribution < -0.4 is 10.4 Å². The van der Waals surface area contributed by atoms with E-state index in [9.17, 15) is 14.7 Å². The van der Waals surface area contributed by atoms with Crippen molar-refractivity contribution in [1.29, 1.82) is 0 Å². The minimum Gasteiger partial charge on any atom is -0.550 e. The first kappa shape index (κ1) is 15.9. The van der Waals surface area contributed by atoms with E-state index in [1.165, 1.54) is 0 Å². The molecule has 6 heteroatoms. The number of morpholine rings is 1. The van der Waals surface area contributed by atoms with Crippen molar-refractivity contribution in [3.8, 4) is 0 Å². The quantitative estimate of drug-likeness (QED) is 0.552. The van der Waals surface area contributed by atoms with E-state index in [4.69, 9.17) is 4.74 Å². The SMILES string of the molecule is O=C([O-])CCCCCNC(=O)CCN1CCOCC1. The number of hydrogen-bond acceptors (Lipinski definition) is 5. The smallest absolute Gasteiger partial charge is 0.221 e. The van der Waals surface area contributed by atoms with Crippen LogP contribution in [0.1, 0.15) is 32.1 Å². The van der Waals surface area contributed by atoms with E-state index in [-0.39, 0.29) is 12.3 Å². The largest absolute Gasteiger partial charge is 0.550 e. The fourth-order valence-corrected chi connectivity index (χ4v) is 1.97. The molecule has 0 aromatic carbocycles. The zero-order chi connectivity index (χ0) is 13.9. The van der Waals surface area contributed by atoms with Gasteiger partial charge in [-0.15, -0.1) is 0 Å². The number of nitrogens with zero attached hydrogens (tertiary/aromatic N) is 1. The molecule has 19 heavy (non-hydrogen) atoms. The monoisotopic (exact) mass is 271 g/mol. The molecule has 0 bridgehead atoms. The molecule has 1 amide bonds. The van der Waals surface area contributed by atoms with Crippen molar-refractivity contribution >= 4 is 11.9 Å². The Morgan fingerprint density at radius 3 is 2.53 bits per heavy atom. The van der Waals surface area contributed by atoms with E-state index in [0.29, 0.717) is 19.4 Å². The minimum atomic E-state index is -1.01. The second-order valence-corrected chi connectivity index (χ2v) is 4.74. The van der Waals surface area contributed by atoms with E-state index >= 15 is 0 Å². The third-order valence-corrected chi connectivity index (χ3v) is 3.14. The molecule has 6 nitrogen and oxygen atoms in total. The number of aliphatic carboxylic acids is 1. The molecule has 1 fully saturated rings. The molecule has 110 valence electrons. The van der Waals surface area contributed by atoms with Gasteiger partial charge < -0.3 is 20.0 Å². The molecular weight excluding hydrogens is 248 g/mol. The number of carboxylic acids is 1. The van der Waals surface area contributed by atoms with Gasteiger partial charge in [-0.2, -0.15) is 0 Å². The maximum absolute atomic E-state index is 11.6. The lowest BCUT2D eigenvalue weighted by atomic mass is 10.2. The van der Waals surface area contributed by atoms with Crippen molar-refractivity contribution < 1.29 is 19.4 Å². The highest BCUT2D eigenvalue weighted by molar-refractivity contribution is 5.76. The van der Waals surface area contributed by atoms with Crippen molar-refractivity contribution in [2.45, 2.75) is 32.1 Å². The van der Waals surface area contributed by atoms with Gasteiger partial charge in [0.25, 0.3) is 0 Å². The number of hydrogen-bond donors (Lipinski definition) is 1. The maximum Gasteiger partial charge on any atom is 0.221 e. The predicted molar refractivity (Wildman–Crippen MR) is 68.4 cm³/mol. The molecular formula is C13H23N2O4-. The number of nitrogens with one attached hydrogen (secondary N) is 1. The van der Waals surface area contributed by atoms with Crippen molar-refractivity contribution in [3.05, 3.63) is 0 Å². The van der Waals surface area contributed by atoms with Crippen molar-refractivity contribution in [2.75, 3.05) is 39.4 Å². The lowest BCUT2D eigenvalue weighted by Gasteiger charge is -2.26. The predicted octanol–water partition coefficient (Wildman–Crippen LogP) is -0.865. The summed E-state index contributed by atoms with van der Waals surface area (Å²) in [5.74, 6) is -0.944. The summed E-state index contributed by atoms with van der Waals surface area (Å²) in [6.45, 7) is 4.70. The van der Waals surface area contributed by atoms with Gasteiger partial charge >= 0.3 is 0 Å². The van der Waals surface area contributed by atoms with Gasteiger partial charge in [-0.25, -0.2) is 0 Å². The Bertz CT molecular complexity index is 278. The van der Waals surface area contributed by atoms with Crippen LogP contribution >= 0.6 is 0 Å².